The molecule has 0 fully saturated rings. The second kappa shape index (κ2) is 3.38. The van der Waals surface area contributed by atoms with Gasteiger partial charge in [0.1, 0.15) is 0 Å². The molecule has 3 nitrogen and oxygen atoms in total. The molecule has 1 aliphatic rings. The Balaban J connectivity index is 2.71. The standard InChI is InChI=1S/C7H8BNO2/c9-5-6-1-3-7(4-2-6)8(10)11/h1,3,10-11H,2,4H2. The first-order valence-electron chi connectivity index (χ1n) is 3.40. The number of nitrogens with zero attached hydrogens (tertiary/aromatic N) is 1. The number of allylic oxidation sites excluding steroid dienone is 4. The van der Waals surface area contributed by atoms with Gasteiger partial charge in [0, 0.05) is 5.57 Å². The fourth-order valence-corrected chi connectivity index (χ4v) is 0.962. The van der Waals surface area contributed by atoms with Crippen molar-refractivity contribution in [2.24, 2.45) is 0 Å². The van der Waals surface area contributed by atoms with Crippen molar-refractivity contribution in [3.63, 3.8) is 0 Å². The first-order chi connectivity index (χ1) is 5.24. The van der Waals surface area contributed by atoms with E-state index in [4.69, 9.17) is 15.3 Å². The van der Waals surface area contributed by atoms with Crippen LogP contribution in [0.15, 0.2) is 23.2 Å². The summed E-state index contributed by atoms with van der Waals surface area (Å²) in [6.45, 7) is 0. The molecule has 1 aliphatic carbocycles. The van der Waals surface area contributed by atoms with Crippen molar-refractivity contribution in [3.8, 4) is 6.07 Å². The molecule has 0 heterocycles. The molecule has 0 atom stereocenters. The van der Waals surface area contributed by atoms with Crippen LogP contribution in [0.1, 0.15) is 12.8 Å². The quantitative estimate of drug-likeness (QED) is 0.522. The maximum atomic E-state index is 8.71. The molecule has 0 saturated carbocycles. The van der Waals surface area contributed by atoms with E-state index in [1.807, 2.05) is 6.07 Å². The zero-order valence-electron chi connectivity index (χ0n) is 5.99. The van der Waals surface area contributed by atoms with Gasteiger partial charge in [0.2, 0.25) is 0 Å². The minimum absolute atomic E-state index is 0.567. The normalized spacial score (nSPS) is 16.5. The highest BCUT2D eigenvalue weighted by atomic mass is 16.4. The number of nitriles is 1. The summed E-state index contributed by atoms with van der Waals surface area (Å²) in [6, 6.07) is 2.02. The van der Waals surface area contributed by atoms with Gasteiger partial charge in [0.25, 0.3) is 0 Å². The Labute approximate surface area is 65.4 Å². The Bertz CT molecular complexity index is 250. The highest BCUT2D eigenvalue weighted by Crippen LogP contribution is 2.17. The van der Waals surface area contributed by atoms with Gasteiger partial charge in [-0.3, -0.25) is 0 Å². The summed E-state index contributed by atoms with van der Waals surface area (Å²) in [5.74, 6) is 0. The van der Waals surface area contributed by atoms with Crippen molar-refractivity contribution in [3.05, 3.63) is 23.2 Å². The first kappa shape index (κ1) is 8.06. The van der Waals surface area contributed by atoms with E-state index in [-0.39, 0.29) is 0 Å². The highest BCUT2D eigenvalue weighted by Gasteiger charge is 2.16. The van der Waals surface area contributed by atoms with E-state index in [2.05, 4.69) is 0 Å². The molecule has 0 bridgehead atoms. The third kappa shape index (κ3) is 1.94. The Morgan fingerprint density at radius 2 is 2.09 bits per heavy atom. The predicted molar refractivity (Wildman–Crippen MR) is 41.2 cm³/mol. The fourth-order valence-electron chi connectivity index (χ4n) is 0.962. The van der Waals surface area contributed by atoms with Gasteiger partial charge in [0.05, 0.1) is 6.07 Å². The minimum atomic E-state index is -1.37. The van der Waals surface area contributed by atoms with E-state index in [0.29, 0.717) is 23.9 Å². The van der Waals surface area contributed by atoms with Crippen LogP contribution in [0, 0.1) is 11.3 Å². The molecule has 4 heteroatoms. The van der Waals surface area contributed by atoms with Gasteiger partial charge in [-0.15, -0.1) is 0 Å². The molecule has 0 aromatic carbocycles. The van der Waals surface area contributed by atoms with Crippen molar-refractivity contribution < 1.29 is 10.0 Å². The summed E-state index contributed by atoms with van der Waals surface area (Å²) < 4.78 is 0. The molecule has 0 aliphatic heterocycles. The zero-order chi connectivity index (χ0) is 8.27. The summed E-state index contributed by atoms with van der Waals surface area (Å²) in [7, 11) is -1.37. The van der Waals surface area contributed by atoms with Crippen molar-refractivity contribution in [1.82, 2.24) is 0 Å². The monoisotopic (exact) mass is 149 g/mol. The van der Waals surface area contributed by atoms with E-state index in [1.54, 1.807) is 12.2 Å². The molecule has 1 rings (SSSR count). The fraction of sp³-hybridized carbons (Fsp3) is 0.286. The predicted octanol–water partition coefficient (Wildman–Crippen LogP) is 0.169. The van der Waals surface area contributed by atoms with E-state index < -0.39 is 7.12 Å². The number of hydrogen-bond donors (Lipinski definition) is 2. The first-order valence-corrected chi connectivity index (χ1v) is 3.40. The molecule has 0 aromatic heterocycles. The minimum Gasteiger partial charge on any atom is -0.423 e. The highest BCUT2D eigenvalue weighted by molar-refractivity contribution is 6.50. The molecule has 56 valence electrons. The topological polar surface area (TPSA) is 64.2 Å². The van der Waals surface area contributed by atoms with Gasteiger partial charge >= 0.3 is 7.12 Å². The van der Waals surface area contributed by atoms with E-state index in [0.717, 1.165) is 0 Å². The molecule has 11 heavy (non-hydrogen) atoms. The van der Waals surface area contributed by atoms with Gasteiger partial charge in [-0.25, -0.2) is 0 Å². The molecule has 0 saturated heterocycles. The second-order valence-corrected chi connectivity index (χ2v) is 2.42. The summed E-state index contributed by atoms with van der Waals surface area (Å²) in [4.78, 5) is 0. The summed E-state index contributed by atoms with van der Waals surface area (Å²) in [5.41, 5.74) is 1.26. The molecule has 2 N–H and O–H groups in total. The van der Waals surface area contributed by atoms with Crippen LogP contribution in [0.4, 0.5) is 0 Å². The molecule has 0 radical (unpaired) electrons. The van der Waals surface area contributed by atoms with Crippen LogP contribution in [0.5, 0.6) is 0 Å². The van der Waals surface area contributed by atoms with Crippen LogP contribution in [-0.4, -0.2) is 17.2 Å². The SMILES string of the molecule is N#CC1=CC=C(B(O)O)CC1. The lowest BCUT2D eigenvalue weighted by atomic mass is 9.74. The van der Waals surface area contributed by atoms with Gasteiger partial charge < -0.3 is 10.0 Å². The maximum Gasteiger partial charge on any atom is 0.484 e. The van der Waals surface area contributed by atoms with Crippen molar-refractivity contribution in [1.29, 1.82) is 5.26 Å². The lowest BCUT2D eigenvalue weighted by Gasteiger charge is -2.08. The van der Waals surface area contributed by atoms with Crippen molar-refractivity contribution >= 4 is 7.12 Å². The Morgan fingerprint density at radius 1 is 1.36 bits per heavy atom. The van der Waals surface area contributed by atoms with Gasteiger partial charge in [-0.05, 0) is 24.4 Å². The van der Waals surface area contributed by atoms with E-state index in [1.165, 1.54) is 0 Å². The lowest BCUT2D eigenvalue weighted by molar-refractivity contribution is 0.416. The van der Waals surface area contributed by atoms with Crippen LogP contribution in [-0.2, 0) is 0 Å². The molecule has 0 aromatic rings. The Hall–Kier alpha value is -1.05. The number of hydrogen-bond acceptors (Lipinski definition) is 3. The van der Waals surface area contributed by atoms with Crippen molar-refractivity contribution in [2.75, 3.05) is 0 Å². The Morgan fingerprint density at radius 3 is 2.45 bits per heavy atom. The Kier molecular flexibility index (Phi) is 2.47. The van der Waals surface area contributed by atoms with Crippen molar-refractivity contribution in [2.45, 2.75) is 12.8 Å². The largest absolute Gasteiger partial charge is 0.484 e. The van der Waals surface area contributed by atoms with Crippen LogP contribution in [0.3, 0.4) is 0 Å². The third-order valence-electron chi connectivity index (χ3n) is 1.66. The van der Waals surface area contributed by atoms with Crippen LogP contribution in [0.2, 0.25) is 0 Å². The summed E-state index contributed by atoms with van der Waals surface area (Å²) >= 11 is 0. The van der Waals surface area contributed by atoms with Crippen LogP contribution >= 0.6 is 0 Å². The number of rotatable bonds is 1. The van der Waals surface area contributed by atoms with E-state index >= 15 is 0 Å². The zero-order valence-corrected chi connectivity index (χ0v) is 5.99. The van der Waals surface area contributed by atoms with Gasteiger partial charge in [-0.1, -0.05) is 6.08 Å². The third-order valence-corrected chi connectivity index (χ3v) is 1.66. The van der Waals surface area contributed by atoms with E-state index in [9.17, 15) is 0 Å². The average Bonchev–Trinajstić information content (AvgIpc) is 2.05. The van der Waals surface area contributed by atoms with Gasteiger partial charge in [0.15, 0.2) is 0 Å². The van der Waals surface area contributed by atoms with Gasteiger partial charge in [-0.2, -0.15) is 5.26 Å². The van der Waals surface area contributed by atoms with Crippen LogP contribution < -0.4 is 0 Å². The molecule has 0 unspecified atom stereocenters. The molecule has 0 spiro atoms. The maximum absolute atomic E-state index is 8.71. The molecule has 0 amide bonds. The lowest BCUT2D eigenvalue weighted by Crippen LogP contribution is -2.16. The summed E-state index contributed by atoms with van der Waals surface area (Å²) in [5, 5.41) is 25.9. The second-order valence-electron chi connectivity index (χ2n) is 2.42. The van der Waals surface area contributed by atoms with Crippen LogP contribution in [0.25, 0.3) is 0 Å². The molecular formula is C7H8BNO2. The summed E-state index contributed by atoms with van der Waals surface area (Å²) in [6.07, 6.45) is 4.39. The molecular weight excluding hydrogens is 141 g/mol. The smallest absolute Gasteiger partial charge is 0.423 e. The average molecular weight is 149 g/mol.